The van der Waals surface area contributed by atoms with Crippen molar-refractivity contribution in [3.05, 3.63) is 47.1 Å². The van der Waals surface area contributed by atoms with Gasteiger partial charge in [-0.05, 0) is 24.4 Å². The van der Waals surface area contributed by atoms with Crippen LogP contribution in [0.2, 0.25) is 0 Å². The zero-order chi connectivity index (χ0) is 18.8. The fraction of sp³-hybridized carbons (Fsp3) is 0.389. The zero-order valence-electron chi connectivity index (χ0n) is 15.0. The highest BCUT2D eigenvalue weighted by Gasteiger charge is 2.28. The smallest absolute Gasteiger partial charge is 0.257 e. The summed E-state index contributed by atoms with van der Waals surface area (Å²) < 4.78 is 10.7. The molecule has 0 spiro atoms. The molecule has 1 atom stereocenters. The van der Waals surface area contributed by atoms with Crippen LogP contribution in [-0.2, 0) is 6.54 Å². The number of carbonyl (C=O) groups is 1. The van der Waals surface area contributed by atoms with E-state index < -0.39 is 0 Å². The Labute approximate surface area is 160 Å². The predicted octanol–water partition coefficient (Wildman–Crippen LogP) is 2.37. The first-order valence-electron chi connectivity index (χ1n) is 8.84. The summed E-state index contributed by atoms with van der Waals surface area (Å²) in [6.45, 7) is 5.09. The molecule has 4 rings (SSSR count). The molecule has 4 heterocycles. The number of hydrogen-bond acceptors (Lipinski definition) is 8. The van der Waals surface area contributed by atoms with E-state index >= 15 is 0 Å². The van der Waals surface area contributed by atoms with E-state index in [2.05, 4.69) is 15.0 Å². The summed E-state index contributed by atoms with van der Waals surface area (Å²) in [5, 5.41) is 6.07. The van der Waals surface area contributed by atoms with Gasteiger partial charge in [-0.3, -0.25) is 9.69 Å². The van der Waals surface area contributed by atoms with E-state index in [1.165, 1.54) is 6.26 Å². The van der Waals surface area contributed by atoms with Gasteiger partial charge in [0, 0.05) is 26.2 Å². The van der Waals surface area contributed by atoms with Crippen LogP contribution < -0.4 is 5.73 Å². The molecule has 3 aromatic heterocycles. The number of nitrogens with zero attached hydrogens (tertiary/aromatic N) is 4. The maximum atomic E-state index is 12.6. The van der Waals surface area contributed by atoms with Crippen LogP contribution in [0.3, 0.4) is 0 Å². The highest BCUT2D eigenvalue weighted by Crippen LogP contribution is 2.26. The van der Waals surface area contributed by atoms with Gasteiger partial charge in [0.15, 0.2) is 0 Å². The predicted molar refractivity (Wildman–Crippen MR) is 100 cm³/mol. The van der Waals surface area contributed by atoms with Crippen LogP contribution in [0.4, 0.5) is 0 Å². The third-order valence-corrected chi connectivity index (χ3v) is 5.66. The number of aromatic nitrogens is 2. The summed E-state index contributed by atoms with van der Waals surface area (Å²) in [5.41, 5.74) is 6.09. The van der Waals surface area contributed by atoms with Crippen molar-refractivity contribution in [2.75, 3.05) is 26.2 Å². The number of thiophene rings is 1. The van der Waals surface area contributed by atoms with Crippen LogP contribution in [0.25, 0.3) is 10.7 Å². The van der Waals surface area contributed by atoms with Gasteiger partial charge >= 0.3 is 0 Å². The van der Waals surface area contributed by atoms with E-state index in [4.69, 9.17) is 14.7 Å². The number of nitrogens with two attached hydrogens (primary N) is 1. The van der Waals surface area contributed by atoms with Crippen LogP contribution in [0.1, 0.15) is 35.0 Å². The molecule has 0 radical (unpaired) electrons. The Morgan fingerprint density at radius 2 is 2.19 bits per heavy atom. The Hall–Kier alpha value is -2.49. The second kappa shape index (κ2) is 7.63. The highest BCUT2D eigenvalue weighted by atomic mass is 32.1. The quantitative estimate of drug-likeness (QED) is 0.717. The van der Waals surface area contributed by atoms with Crippen LogP contribution in [0, 0.1) is 0 Å². The number of amides is 1. The first kappa shape index (κ1) is 17.9. The molecule has 2 N–H and O–H groups in total. The van der Waals surface area contributed by atoms with E-state index in [0.29, 0.717) is 36.1 Å². The molecular weight excluding hydrogens is 366 g/mol. The van der Waals surface area contributed by atoms with E-state index in [0.717, 1.165) is 18.0 Å². The van der Waals surface area contributed by atoms with Crippen molar-refractivity contribution in [1.29, 1.82) is 0 Å². The van der Waals surface area contributed by atoms with E-state index in [1.54, 1.807) is 17.4 Å². The number of furan rings is 1. The molecule has 1 unspecified atom stereocenters. The average molecular weight is 387 g/mol. The lowest BCUT2D eigenvalue weighted by Crippen LogP contribution is -2.49. The van der Waals surface area contributed by atoms with Crippen molar-refractivity contribution in [3.63, 3.8) is 0 Å². The van der Waals surface area contributed by atoms with Crippen LogP contribution in [0.5, 0.6) is 0 Å². The van der Waals surface area contributed by atoms with Gasteiger partial charge in [0.1, 0.15) is 12.0 Å². The van der Waals surface area contributed by atoms with Gasteiger partial charge in [0.25, 0.3) is 5.91 Å². The normalized spacial score (nSPS) is 16.6. The molecule has 1 saturated heterocycles. The maximum Gasteiger partial charge on any atom is 0.257 e. The van der Waals surface area contributed by atoms with Gasteiger partial charge in [-0.25, -0.2) is 0 Å². The van der Waals surface area contributed by atoms with E-state index in [1.807, 2.05) is 29.3 Å². The van der Waals surface area contributed by atoms with Crippen molar-refractivity contribution >= 4 is 17.2 Å². The van der Waals surface area contributed by atoms with Crippen molar-refractivity contribution in [1.82, 2.24) is 19.9 Å². The Bertz CT molecular complexity index is 896. The summed E-state index contributed by atoms with van der Waals surface area (Å²) >= 11 is 1.58. The Morgan fingerprint density at radius 1 is 1.37 bits per heavy atom. The van der Waals surface area contributed by atoms with Gasteiger partial charge in [-0.15, -0.1) is 11.3 Å². The highest BCUT2D eigenvalue weighted by molar-refractivity contribution is 7.13. The molecule has 0 aromatic carbocycles. The van der Waals surface area contributed by atoms with E-state index in [9.17, 15) is 4.79 Å². The lowest BCUT2D eigenvalue weighted by molar-refractivity contribution is 0.0551. The lowest BCUT2D eigenvalue weighted by Gasteiger charge is -2.36. The first-order chi connectivity index (χ1) is 13.2. The molecule has 1 aliphatic heterocycles. The average Bonchev–Trinajstić information content (AvgIpc) is 3.47. The minimum atomic E-state index is -0.0245. The Balaban J connectivity index is 1.36. The minimum absolute atomic E-state index is 0.00114. The number of carbonyl (C=O) groups excluding carboxylic acids is 1. The summed E-state index contributed by atoms with van der Waals surface area (Å²) in [6.07, 6.45) is 1.48. The number of piperazine rings is 1. The molecule has 9 heteroatoms. The zero-order valence-corrected chi connectivity index (χ0v) is 15.8. The van der Waals surface area contributed by atoms with E-state index in [-0.39, 0.29) is 18.5 Å². The molecular formula is C18H21N5O3S. The van der Waals surface area contributed by atoms with Crippen LogP contribution >= 0.6 is 11.3 Å². The van der Waals surface area contributed by atoms with Crippen molar-refractivity contribution in [2.45, 2.75) is 19.5 Å². The topological polar surface area (TPSA) is 102 Å². The third-order valence-electron chi connectivity index (χ3n) is 4.79. The summed E-state index contributed by atoms with van der Waals surface area (Å²) in [7, 11) is 0. The Kier molecular flexibility index (Phi) is 5.06. The standard InChI is InChI=1S/C18H21N5O3S/c1-12(17-20-16(21-26-17)15-3-2-8-27-15)22-4-6-23(7-5-22)18(24)13-9-14(10-19)25-11-13/h2-3,8-9,11-12H,4-7,10,19H2,1H3. The van der Waals surface area contributed by atoms with Crippen LogP contribution in [0.15, 0.2) is 38.8 Å². The second-order valence-electron chi connectivity index (χ2n) is 6.44. The monoisotopic (exact) mass is 387 g/mol. The molecule has 27 heavy (non-hydrogen) atoms. The molecule has 1 amide bonds. The SMILES string of the molecule is CC(c1nc(-c2cccs2)no1)N1CCN(C(=O)c2coc(CN)c2)CC1. The molecule has 142 valence electrons. The lowest BCUT2D eigenvalue weighted by atomic mass is 10.2. The molecule has 1 aliphatic rings. The van der Waals surface area contributed by atoms with Gasteiger partial charge in [0.2, 0.25) is 11.7 Å². The van der Waals surface area contributed by atoms with Crippen molar-refractivity contribution in [2.24, 2.45) is 5.73 Å². The molecule has 0 aliphatic carbocycles. The molecule has 0 bridgehead atoms. The molecule has 0 saturated carbocycles. The summed E-state index contributed by atoms with van der Waals surface area (Å²) in [4.78, 5) is 22.2. The Morgan fingerprint density at radius 3 is 2.85 bits per heavy atom. The molecule has 1 fully saturated rings. The fourth-order valence-corrected chi connectivity index (χ4v) is 3.81. The molecule has 8 nitrogen and oxygen atoms in total. The number of hydrogen-bond donors (Lipinski definition) is 1. The minimum Gasteiger partial charge on any atom is -0.467 e. The third kappa shape index (κ3) is 3.66. The summed E-state index contributed by atoms with van der Waals surface area (Å²) in [5.74, 6) is 1.81. The fourth-order valence-electron chi connectivity index (χ4n) is 3.16. The van der Waals surface area contributed by atoms with Gasteiger partial charge in [-0.1, -0.05) is 11.2 Å². The largest absolute Gasteiger partial charge is 0.467 e. The summed E-state index contributed by atoms with van der Waals surface area (Å²) in [6, 6.07) is 5.65. The van der Waals surface area contributed by atoms with Gasteiger partial charge in [0.05, 0.1) is 23.0 Å². The van der Waals surface area contributed by atoms with Gasteiger partial charge < -0.3 is 19.6 Å². The van der Waals surface area contributed by atoms with Crippen molar-refractivity contribution < 1.29 is 13.7 Å². The first-order valence-corrected chi connectivity index (χ1v) is 9.72. The van der Waals surface area contributed by atoms with Crippen LogP contribution in [-0.4, -0.2) is 52.0 Å². The van der Waals surface area contributed by atoms with Gasteiger partial charge in [-0.2, -0.15) is 4.98 Å². The second-order valence-corrected chi connectivity index (χ2v) is 7.39. The maximum absolute atomic E-state index is 12.6. The van der Waals surface area contributed by atoms with Crippen molar-refractivity contribution in [3.8, 4) is 10.7 Å². The molecule has 3 aromatic rings. The number of rotatable bonds is 5.